The number of anilines is 3. The van der Waals surface area contributed by atoms with E-state index in [-0.39, 0.29) is 21.1 Å². The van der Waals surface area contributed by atoms with Crippen molar-refractivity contribution in [2.75, 3.05) is 4.90 Å². The first-order valence-electron chi connectivity index (χ1n) is 17.8. The second kappa shape index (κ2) is 14.7. The van der Waals surface area contributed by atoms with Crippen LogP contribution in [0.4, 0.5) is 17.1 Å². The molecule has 9 rings (SSSR count). The average molecular weight is 877 g/mol. The Balaban J connectivity index is 0.00000413. The second-order valence-electron chi connectivity index (χ2n) is 13.3. The molecule has 0 unspecified atom stereocenters. The van der Waals surface area contributed by atoms with Crippen LogP contribution >= 0.6 is 0 Å². The Kier molecular flexibility index (Phi) is 9.54. The quantitative estimate of drug-likeness (QED) is 0.150. The van der Waals surface area contributed by atoms with Crippen LogP contribution < -0.4 is 9.64 Å². The van der Waals surface area contributed by atoms with Gasteiger partial charge in [0.25, 0.3) is 0 Å². The van der Waals surface area contributed by atoms with E-state index in [0.717, 1.165) is 56.3 Å². The van der Waals surface area contributed by atoms with E-state index in [1.807, 2.05) is 42.7 Å². The summed E-state index contributed by atoms with van der Waals surface area (Å²) < 4.78 is 6.79. The monoisotopic (exact) mass is 876 g/mol. The molecule has 1 aliphatic heterocycles. The molecule has 0 amide bonds. The van der Waals surface area contributed by atoms with Crippen LogP contribution in [0.1, 0.15) is 33.5 Å². The molecule has 0 radical (unpaired) electrons. The van der Waals surface area contributed by atoms with Crippen molar-refractivity contribution in [2.24, 2.45) is 0 Å². The van der Waals surface area contributed by atoms with E-state index < -0.39 is 5.41 Å². The summed E-state index contributed by atoms with van der Waals surface area (Å²) in [6.45, 7) is 4.29. The number of aromatic nitrogens is 2. The summed E-state index contributed by atoms with van der Waals surface area (Å²) in [5.41, 5.74) is 12.8. The van der Waals surface area contributed by atoms with E-state index in [0.29, 0.717) is 11.5 Å². The Bertz CT molecular complexity index is 2510. The molecule has 5 heteroatoms. The maximum atomic E-state index is 6.79. The van der Waals surface area contributed by atoms with E-state index in [1.165, 1.54) is 16.7 Å². The predicted octanol–water partition coefficient (Wildman–Crippen LogP) is 12.0. The van der Waals surface area contributed by atoms with E-state index in [9.17, 15) is 0 Å². The second-order valence-corrected chi connectivity index (χ2v) is 13.3. The number of hydrogen-bond donors (Lipinski definition) is 0. The molecule has 0 N–H and O–H groups in total. The van der Waals surface area contributed by atoms with Crippen molar-refractivity contribution in [3.63, 3.8) is 0 Å². The Labute approximate surface area is 331 Å². The molecule has 0 spiro atoms. The van der Waals surface area contributed by atoms with Gasteiger partial charge in [-0.15, -0.1) is 29.3 Å². The molecule has 4 nitrogen and oxygen atoms in total. The van der Waals surface area contributed by atoms with Gasteiger partial charge in [-0.05, 0) is 89.8 Å². The minimum absolute atomic E-state index is 0. The molecule has 3 heterocycles. The summed E-state index contributed by atoms with van der Waals surface area (Å²) >= 11 is 0. The van der Waals surface area contributed by atoms with Crippen LogP contribution in [0.2, 0.25) is 0 Å². The predicted molar refractivity (Wildman–Crippen MR) is 213 cm³/mol. The molecule has 262 valence electrons. The maximum absolute atomic E-state index is 6.79. The van der Waals surface area contributed by atoms with Crippen LogP contribution in [-0.4, -0.2) is 9.97 Å². The molecule has 0 bridgehead atoms. The number of rotatable bonds is 7. The van der Waals surface area contributed by atoms with Crippen LogP contribution in [0.25, 0.3) is 22.4 Å². The van der Waals surface area contributed by atoms with Gasteiger partial charge >= 0.3 is 21.1 Å². The van der Waals surface area contributed by atoms with Crippen molar-refractivity contribution in [1.82, 2.24) is 9.97 Å². The summed E-state index contributed by atoms with van der Waals surface area (Å²) in [5.74, 6) is 1.17. The van der Waals surface area contributed by atoms with Gasteiger partial charge in [-0.3, -0.25) is 4.98 Å². The average Bonchev–Trinajstić information content (AvgIpc) is 3.21. The van der Waals surface area contributed by atoms with Gasteiger partial charge in [0.1, 0.15) is 0 Å². The number of nitrogens with zero attached hydrogens (tertiary/aromatic N) is 3. The zero-order valence-corrected chi connectivity index (χ0v) is 32.1. The smallest absolute Gasteiger partial charge is 0.503 e. The van der Waals surface area contributed by atoms with Crippen LogP contribution in [0, 0.1) is 26.0 Å². The Hall–Kier alpha value is -6.09. The summed E-state index contributed by atoms with van der Waals surface area (Å²) in [7, 11) is 0. The van der Waals surface area contributed by atoms with Gasteiger partial charge in [0.15, 0.2) is 0 Å². The molecule has 8 aromatic rings. The fourth-order valence-electron chi connectivity index (χ4n) is 7.91. The van der Waals surface area contributed by atoms with Gasteiger partial charge < -0.3 is 14.6 Å². The van der Waals surface area contributed by atoms with Crippen molar-refractivity contribution in [3.05, 3.63) is 222 Å². The van der Waals surface area contributed by atoms with Gasteiger partial charge in [0.05, 0.1) is 22.5 Å². The normalized spacial score (nSPS) is 12.6. The fourth-order valence-corrected chi connectivity index (χ4v) is 7.91. The number of benzene rings is 6. The zero-order valence-electron chi connectivity index (χ0n) is 29.8. The first kappa shape index (κ1) is 35.0. The summed E-state index contributed by atoms with van der Waals surface area (Å²) in [4.78, 5) is 12.1. The molecule has 0 fully saturated rings. The first-order valence-corrected chi connectivity index (χ1v) is 17.8. The Morgan fingerprint density at radius 2 is 1.19 bits per heavy atom. The van der Waals surface area contributed by atoms with Gasteiger partial charge in [0.2, 0.25) is 0 Å². The zero-order chi connectivity index (χ0) is 35.8. The summed E-state index contributed by atoms with van der Waals surface area (Å²) in [5, 5.41) is 0. The minimum atomic E-state index is -0.804. The van der Waals surface area contributed by atoms with Crippen molar-refractivity contribution in [2.45, 2.75) is 19.3 Å². The molecule has 54 heavy (non-hydrogen) atoms. The number of ether oxygens (including phenoxy) is 1. The third-order valence-corrected chi connectivity index (χ3v) is 10.1. The largest absolute Gasteiger partial charge is 2.00 e. The van der Waals surface area contributed by atoms with Gasteiger partial charge in [0, 0.05) is 29.6 Å². The molecule has 0 saturated heterocycles. The Morgan fingerprint density at radius 3 is 1.85 bits per heavy atom. The van der Waals surface area contributed by atoms with Crippen molar-refractivity contribution in [3.8, 4) is 33.9 Å². The van der Waals surface area contributed by atoms with E-state index in [2.05, 4.69) is 169 Å². The molecular formula is C49H35N3OPt. The van der Waals surface area contributed by atoms with Crippen LogP contribution in [-0.2, 0) is 26.5 Å². The molecule has 0 atom stereocenters. The summed E-state index contributed by atoms with van der Waals surface area (Å²) in [6.07, 6.45) is 3.68. The molecule has 1 aliphatic rings. The van der Waals surface area contributed by atoms with Crippen LogP contribution in [0.5, 0.6) is 11.5 Å². The van der Waals surface area contributed by atoms with Crippen LogP contribution in [0.15, 0.2) is 176 Å². The third kappa shape index (κ3) is 6.03. The van der Waals surface area contributed by atoms with Crippen molar-refractivity contribution in [1.29, 1.82) is 0 Å². The Morgan fingerprint density at radius 1 is 0.556 bits per heavy atom. The minimum Gasteiger partial charge on any atom is -0.503 e. The number of fused-ring (bicyclic) bond motifs is 2. The third-order valence-electron chi connectivity index (χ3n) is 10.1. The summed E-state index contributed by atoms with van der Waals surface area (Å²) in [6, 6.07) is 63.9. The number of pyridine rings is 2. The van der Waals surface area contributed by atoms with Gasteiger partial charge in [-0.2, -0.15) is 12.1 Å². The van der Waals surface area contributed by atoms with E-state index in [1.54, 1.807) is 0 Å². The number of hydrogen-bond acceptors (Lipinski definition) is 4. The van der Waals surface area contributed by atoms with Gasteiger partial charge in [-0.25, -0.2) is 0 Å². The topological polar surface area (TPSA) is 38.2 Å². The molecule has 0 aliphatic carbocycles. The molecule has 0 saturated carbocycles. The van der Waals surface area contributed by atoms with E-state index in [4.69, 9.17) is 9.72 Å². The van der Waals surface area contributed by atoms with Crippen molar-refractivity contribution >= 4 is 17.1 Å². The fraction of sp³-hybridized carbons (Fsp3) is 0.0612. The number of aryl methyl sites for hydroxylation is 2. The van der Waals surface area contributed by atoms with E-state index >= 15 is 0 Å². The van der Waals surface area contributed by atoms with Gasteiger partial charge in [-0.1, -0.05) is 109 Å². The van der Waals surface area contributed by atoms with Crippen molar-refractivity contribution < 1.29 is 25.8 Å². The molecular weight excluding hydrogens is 842 g/mol. The van der Waals surface area contributed by atoms with Crippen LogP contribution in [0.3, 0.4) is 0 Å². The molecule has 2 aromatic heterocycles. The standard InChI is InChI=1S/C49H35N3O.Pt/c1-34-16-14-17-35(2)48(34)37-30-36(44-24-10-12-28-50-44)31-41(32-37)53-40-21-15-18-38(33-40)49(47-27-11-13-29-51-47)42-22-6-8-25-45(42)52(39-19-4-3-5-20-39)46-26-9-7-23-43(46)49;/h3-30,32H,1-2H3;/q-2;+2. The number of para-hydroxylation sites is 3. The molecule has 6 aromatic carbocycles. The SMILES string of the molecule is Cc1cccc(C)c1-c1cc(Oc2[c-]c(C3(c4ccccn4)c4ccccc4N(c4ccccc4)c4ccccc43)ccc2)[c-]c(-c2ccccn2)c1.[Pt+2]. The first-order chi connectivity index (χ1) is 26.1. The maximum Gasteiger partial charge on any atom is 2.00 e.